The summed E-state index contributed by atoms with van der Waals surface area (Å²) < 4.78 is 2.39. The molecule has 0 aromatic carbocycles. The number of hydrogen-bond donors (Lipinski definition) is 0. The number of unbranched alkanes of at least 4 members (excludes halogenated alkanes) is 2. The molecule has 0 amide bonds. The average Bonchev–Trinajstić information content (AvgIpc) is 2.89. The van der Waals surface area contributed by atoms with Gasteiger partial charge < -0.3 is 4.57 Å². The van der Waals surface area contributed by atoms with E-state index in [0.29, 0.717) is 0 Å². The van der Waals surface area contributed by atoms with E-state index in [1.807, 2.05) is 18.5 Å². The molecule has 0 saturated heterocycles. The number of aromatic nitrogens is 2. The van der Waals surface area contributed by atoms with Gasteiger partial charge in [-0.1, -0.05) is 19.8 Å². The Morgan fingerprint density at radius 3 is 2.95 bits per heavy atom. The molecule has 0 aliphatic carbocycles. The topological polar surface area (TPSA) is 41.6 Å². The fourth-order valence-corrected chi connectivity index (χ4v) is 3.55. The maximum Gasteiger partial charge on any atom is 0.101 e. The van der Waals surface area contributed by atoms with E-state index in [2.05, 4.69) is 28.6 Å². The molecule has 0 saturated carbocycles. The van der Waals surface area contributed by atoms with Gasteiger partial charge in [0.15, 0.2) is 0 Å². The highest BCUT2D eigenvalue weighted by molar-refractivity contribution is 5.69. The summed E-state index contributed by atoms with van der Waals surface area (Å²) in [6, 6.07) is 6.61. The minimum atomic E-state index is 0.939. The zero-order valence-electron chi connectivity index (χ0n) is 13.3. The zero-order valence-corrected chi connectivity index (χ0v) is 13.3. The average molecular weight is 293 g/mol. The van der Waals surface area contributed by atoms with Crippen molar-refractivity contribution < 1.29 is 0 Å². The minimum absolute atomic E-state index is 0.939. The first-order valence-electron chi connectivity index (χ1n) is 8.41. The molecule has 3 heteroatoms. The van der Waals surface area contributed by atoms with E-state index in [1.165, 1.54) is 42.6 Å². The van der Waals surface area contributed by atoms with E-state index in [4.69, 9.17) is 0 Å². The maximum atomic E-state index is 9.71. The lowest BCUT2D eigenvalue weighted by molar-refractivity contribution is 0.536. The van der Waals surface area contributed by atoms with E-state index >= 15 is 0 Å². The summed E-state index contributed by atoms with van der Waals surface area (Å²) in [6.45, 7) is 3.25. The monoisotopic (exact) mass is 293 g/mol. The van der Waals surface area contributed by atoms with Crippen LogP contribution in [0.2, 0.25) is 0 Å². The van der Waals surface area contributed by atoms with Gasteiger partial charge in [-0.3, -0.25) is 4.98 Å². The van der Waals surface area contributed by atoms with Crippen molar-refractivity contribution in [2.45, 2.75) is 58.4 Å². The lowest BCUT2D eigenvalue weighted by Gasteiger charge is -2.18. The van der Waals surface area contributed by atoms with Crippen LogP contribution >= 0.6 is 0 Å². The first kappa shape index (κ1) is 14.8. The highest BCUT2D eigenvalue weighted by atomic mass is 15.0. The Kier molecular flexibility index (Phi) is 4.58. The highest BCUT2D eigenvalue weighted by Crippen LogP contribution is 2.35. The van der Waals surface area contributed by atoms with Crippen LogP contribution in [0, 0.1) is 11.3 Å². The summed E-state index contributed by atoms with van der Waals surface area (Å²) in [5, 5.41) is 9.71. The van der Waals surface area contributed by atoms with Gasteiger partial charge in [0.05, 0.1) is 11.3 Å². The van der Waals surface area contributed by atoms with Gasteiger partial charge in [0.1, 0.15) is 6.07 Å². The molecular formula is C19H23N3. The van der Waals surface area contributed by atoms with Crippen LogP contribution in [0.1, 0.15) is 55.8 Å². The quantitative estimate of drug-likeness (QED) is 0.762. The van der Waals surface area contributed by atoms with Gasteiger partial charge in [-0.25, -0.2) is 0 Å². The molecule has 0 spiro atoms. The van der Waals surface area contributed by atoms with Crippen molar-refractivity contribution >= 4 is 0 Å². The van der Waals surface area contributed by atoms with Gasteiger partial charge in [-0.15, -0.1) is 0 Å². The Hall–Kier alpha value is -2.08. The molecule has 1 aliphatic heterocycles. The second-order valence-corrected chi connectivity index (χ2v) is 6.07. The van der Waals surface area contributed by atoms with Gasteiger partial charge in [0.25, 0.3) is 0 Å². The molecule has 0 N–H and O–H groups in total. The Morgan fingerprint density at radius 1 is 1.32 bits per heavy atom. The standard InChI is InChI=1S/C19H23N3/c1-2-3-4-9-16-17(13-20)18-10-5-6-12-22(18)19(16)15-8-7-11-21-14-15/h7-8,11,14H,2-6,9-10,12H2,1H3. The summed E-state index contributed by atoms with van der Waals surface area (Å²) in [5.74, 6) is 0. The number of nitrogens with zero attached hydrogens (tertiary/aromatic N) is 3. The first-order valence-corrected chi connectivity index (χ1v) is 8.41. The number of fused-ring (bicyclic) bond motifs is 1. The molecule has 3 nitrogen and oxygen atoms in total. The van der Waals surface area contributed by atoms with Crippen molar-refractivity contribution in [1.82, 2.24) is 9.55 Å². The van der Waals surface area contributed by atoms with Gasteiger partial charge in [0, 0.05) is 30.2 Å². The molecule has 0 unspecified atom stereocenters. The van der Waals surface area contributed by atoms with Crippen molar-refractivity contribution in [3.63, 3.8) is 0 Å². The third-order valence-electron chi connectivity index (χ3n) is 4.59. The fraction of sp³-hybridized carbons (Fsp3) is 0.474. The molecule has 0 bridgehead atoms. The Morgan fingerprint density at radius 2 is 2.23 bits per heavy atom. The van der Waals surface area contributed by atoms with E-state index in [-0.39, 0.29) is 0 Å². The van der Waals surface area contributed by atoms with E-state index in [1.54, 1.807) is 0 Å². The zero-order chi connectivity index (χ0) is 15.4. The lowest BCUT2D eigenvalue weighted by Crippen LogP contribution is -2.11. The predicted octanol–water partition coefficient (Wildman–Crippen LogP) is 4.49. The molecule has 3 heterocycles. The van der Waals surface area contributed by atoms with Gasteiger partial charge in [0.2, 0.25) is 0 Å². The van der Waals surface area contributed by atoms with Crippen molar-refractivity contribution in [2.75, 3.05) is 0 Å². The molecule has 1 aliphatic rings. The van der Waals surface area contributed by atoms with Crippen LogP contribution in [0.4, 0.5) is 0 Å². The van der Waals surface area contributed by atoms with Crippen LogP contribution in [0.15, 0.2) is 24.5 Å². The maximum absolute atomic E-state index is 9.71. The van der Waals surface area contributed by atoms with Gasteiger partial charge in [-0.2, -0.15) is 5.26 Å². The van der Waals surface area contributed by atoms with E-state index in [9.17, 15) is 5.26 Å². The van der Waals surface area contributed by atoms with Gasteiger partial charge >= 0.3 is 0 Å². The second-order valence-electron chi connectivity index (χ2n) is 6.07. The van der Waals surface area contributed by atoms with Crippen LogP contribution in [0.5, 0.6) is 0 Å². The molecule has 114 valence electrons. The number of hydrogen-bond acceptors (Lipinski definition) is 2. The third kappa shape index (κ3) is 2.66. The molecule has 0 atom stereocenters. The predicted molar refractivity (Wildman–Crippen MR) is 88.5 cm³/mol. The molecule has 2 aromatic heterocycles. The van der Waals surface area contributed by atoms with Crippen LogP contribution in [-0.4, -0.2) is 9.55 Å². The Bertz CT molecular complexity index is 677. The summed E-state index contributed by atoms with van der Waals surface area (Å²) in [5.41, 5.74) is 5.84. The molecule has 3 rings (SSSR count). The largest absolute Gasteiger partial charge is 0.343 e. The molecule has 2 aromatic rings. The van der Waals surface area contributed by atoms with Crippen molar-refractivity contribution in [3.8, 4) is 17.3 Å². The minimum Gasteiger partial charge on any atom is -0.343 e. The molecule has 22 heavy (non-hydrogen) atoms. The fourth-order valence-electron chi connectivity index (χ4n) is 3.55. The van der Waals surface area contributed by atoms with Crippen LogP contribution in [-0.2, 0) is 19.4 Å². The van der Waals surface area contributed by atoms with Crippen LogP contribution in [0.25, 0.3) is 11.3 Å². The van der Waals surface area contributed by atoms with E-state index < -0.39 is 0 Å². The third-order valence-corrected chi connectivity index (χ3v) is 4.59. The molecular weight excluding hydrogens is 270 g/mol. The number of pyridine rings is 1. The van der Waals surface area contributed by atoms with Crippen LogP contribution in [0.3, 0.4) is 0 Å². The van der Waals surface area contributed by atoms with Crippen LogP contribution < -0.4 is 0 Å². The lowest BCUT2D eigenvalue weighted by atomic mass is 9.99. The van der Waals surface area contributed by atoms with Gasteiger partial charge in [-0.05, 0) is 49.8 Å². The van der Waals surface area contributed by atoms with Crippen molar-refractivity contribution in [1.29, 1.82) is 5.26 Å². The summed E-state index contributed by atoms with van der Waals surface area (Å²) in [6.07, 6.45) is 11.8. The molecule has 0 radical (unpaired) electrons. The van der Waals surface area contributed by atoms with E-state index in [0.717, 1.165) is 36.9 Å². The first-order chi connectivity index (χ1) is 10.9. The normalized spacial score (nSPS) is 13.6. The van der Waals surface area contributed by atoms with Crippen molar-refractivity contribution in [3.05, 3.63) is 41.3 Å². The second kappa shape index (κ2) is 6.79. The number of nitriles is 1. The number of rotatable bonds is 5. The Balaban J connectivity index is 2.13. The van der Waals surface area contributed by atoms with Crippen molar-refractivity contribution in [2.24, 2.45) is 0 Å². The molecule has 0 fully saturated rings. The Labute approximate surface area is 132 Å². The summed E-state index contributed by atoms with van der Waals surface area (Å²) in [7, 11) is 0. The summed E-state index contributed by atoms with van der Waals surface area (Å²) in [4.78, 5) is 4.29. The summed E-state index contributed by atoms with van der Waals surface area (Å²) >= 11 is 0. The smallest absolute Gasteiger partial charge is 0.101 e. The SMILES string of the molecule is CCCCCc1c(C#N)c2n(c1-c1cccnc1)CCCC2. The highest BCUT2D eigenvalue weighted by Gasteiger charge is 2.25.